The van der Waals surface area contributed by atoms with Crippen LogP contribution in [0.3, 0.4) is 0 Å². The average molecular weight is 406 g/mol. The van der Waals surface area contributed by atoms with Crippen LogP contribution < -0.4 is 0 Å². The topological polar surface area (TPSA) is 46.6 Å². The van der Waals surface area contributed by atoms with E-state index < -0.39 is 26.7 Å². The first-order valence-corrected chi connectivity index (χ1v) is 9.57. The summed E-state index contributed by atoms with van der Waals surface area (Å²) in [5, 5.41) is -0.266. The number of halogens is 4. The van der Waals surface area contributed by atoms with Crippen molar-refractivity contribution in [3.05, 3.63) is 53.1 Å². The Hall–Kier alpha value is -1.61. The zero-order valence-corrected chi connectivity index (χ0v) is 15.0. The Kier molecular flexibility index (Phi) is 5.30. The van der Waals surface area contributed by atoms with Gasteiger partial charge in [-0.2, -0.15) is 17.5 Å². The molecule has 1 aliphatic heterocycles. The lowest BCUT2D eigenvalue weighted by molar-refractivity contribution is -0.137. The highest BCUT2D eigenvalue weighted by molar-refractivity contribution is 7.89. The van der Waals surface area contributed by atoms with Crippen LogP contribution in [0.15, 0.2) is 47.4 Å². The van der Waals surface area contributed by atoms with Crippen molar-refractivity contribution in [3.8, 4) is 11.1 Å². The molecule has 3 rings (SSSR count). The summed E-state index contributed by atoms with van der Waals surface area (Å²) >= 11 is 6.11. The number of benzene rings is 2. The monoisotopic (exact) mass is 405 g/mol. The van der Waals surface area contributed by atoms with Gasteiger partial charge in [-0.15, -0.1) is 0 Å². The van der Waals surface area contributed by atoms with Gasteiger partial charge in [-0.05, 0) is 17.7 Å². The van der Waals surface area contributed by atoms with E-state index in [4.69, 9.17) is 16.3 Å². The minimum absolute atomic E-state index is 0.0851. The number of sulfonamides is 1. The Morgan fingerprint density at radius 2 is 1.65 bits per heavy atom. The fraction of sp³-hybridized carbons (Fsp3) is 0.294. The van der Waals surface area contributed by atoms with Gasteiger partial charge in [-0.25, -0.2) is 8.42 Å². The second kappa shape index (κ2) is 7.19. The summed E-state index contributed by atoms with van der Waals surface area (Å²) in [6, 6.07) is 9.55. The molecule has 0 aliphatic carbocycles. The summed E-state index contributed by atoms with van der Waals surface area (Å²) in [5.74, 6) is 0. The van der Waals surface area contributed by atoms with Gasteiger partial charge in [0.15, 0.2) is 0 Å². The molecule has 2 aromatic rings. The third-order valence-electron chi connectivity index (χ3n) is 4.04. The van der Waals surface area contributed by atoms with E-state index in [0.717, 1.165) is 10.4 Å². The van der Waals surface area contributed by atoms with E-state index in [1.165, 1.54) is 12.1 Å². The lowest BCUT2D eigenvalue weighted by Crippen LogP contribution is -2.40. The first-order chi connectivity index (χ1) is 12.2. The Bertz CT molecular complexity index is 895. The molecule has 140 valence electrons. The molecule has 0 spiro atoms. The van der Waals surface area contributed by atoms with Gasteiger partial charge >= 0.3 is 6.18 Å². The molecule has 0 atom stereocenters. The molecule has 9 heteroatoms. The molecule has 0 bridgehead atoms. The van der Waals surface area contributed by atoms with E-state index in [0.29, 0.717) is 6.07 Å². The number of rotatable bonds is 3. The largest absolute Gasteiger partial charge is 0.417 e. The number of ether oxygens (including phenoxy) is 1. The van der Waals surface area contributed by atoms with Gasteiger partial charge in [0.2, 0.25) is 10.0 Å². The van der Waals surface area contributed by atoms with E-state index in [1.54, 1.807) is 18.2 Å². The lowest BCUT2D eigenvalue weighted by Gasteiger charge is -2.27. The molecule has 26 heavy (non-hydrogen) atoms. The minimum Gasteiger partial charge on any atom is -0.379 e. The van der Waals surface area contributed by atoms with Crippen molar-refractivity contribution in [3.63, 3.8) is 0 Å². The zero-order valence-electron chi connectivity index (χ0n) is 13.5. The first-order valence-electron chi connectivity index (χ1n) is 7.75. The number of hydrogen-bond acceptors (Lipinski definition) is 3. The third kappa shape index (κ3) is 3.73. The van der Waals surface area contributed by atoms with E-state index in [2.05, 4.69) is 0 Å². The highest BCUT2D eigenvalue weighted by Crippen LogP contribution is 2.42. The predicted octanol–water partition coefficient (Wildman–Crippen LogP) is 4.05. The normalized spacial score (nSPS) is 16.6. The van der Waals surface area contributed by atoms with Crippen molar-refractivity contribution in [2.45, 2.75) is 11.1 Å². The molecule has 0 unspecified atom stereocenters. The summed E-state index contributed by atoms with van der Waals surface area (Å²) in [6.07, 6.45) is -4.76. The van der Waals surface area contributed by atoms with Crippen molar-refractivity contribution in [2.24, 2.45) is 0 Å². The van der Waals surface area contributed by atoms with Crippen LogP contribution in [0.25, 0.3) is 11.1 Å². The van der Waals surface area contributed by atoms with E-state index in [9.17, 15) is 21.6 Å². The minimum atomic E-state index is -4.76. The fourth-order valence-electron chi connectivity index (χ4n) is 2.79. The quantitative estimate of drug-likeness (QED) is 0.774. The smallest absolute Gasteiger partial charge is 0.379 e. The average Bonchev–Trinajstić information content (AvgIpc) is 2.61. The first kappa shape index (κ1) is 19.2. The molecule has 0 aromatic heterocycles. The van der Waals surface area contributed by atoms with Crippen LogP contribution in [0, 0.1) is 0 Å². The van der Waals surface area contributed by atoms with Gasteiger partial charge in [-0.1, -0.05) is 41.9 Å². The maximum atomic E-state index is 13.6. The number of nitrogens with zero attached hydrogens (tertiary/aromatic N) is 1. The van der Waals surface area contributed by atoms with Gasteiger partial charge in [0.05, 0.1) is 28.7 Å². The van der Waals surface area contributed by atoms with Gasteiger partial charge in [0.25, 0.3) is 0 Å². The van der Waals surface area contributed by atoms with Crippen LogP contribution in [0.1, 0.15) is 5.56 Å². The summed E-state index contributed by atoms with van der Waals surface area (Å²) in [5.41, 5.74) is -1.05. The summed E-state index contributed by atoms with van der Waals surface area (Å²) < 4.78 is 72.5. The van der Waals surface area contributed by atoms with Gasteiger partial charge in [0, 0.05) is 18.7 Å². The number of morpholine rings is 1. The van der Waals surface area contributed by atoms with Crippen LogP contribution in [0.5, 0.6) is 0 Å². The van der Waals surface area contributed by atoms with E-state index in [-0.39, 0.29) is 42.5 Å². The second-order valence-corrected chi connectivity index (χ2v) is 8.05. The molecule has 0 radical (unpaired) electrons. The molecular formula is C17H15ClF3NO3S. The molecule has 2 aromatic carbocycles. The van der Waals surface area contributed by atoms with Crippen LogP contribution in [0.4, 0.5) is 13.2 Å². The molecule has 4 nitrogen and oxygen atoms in total. The molecule has 1 heterocycles. The van der Waals surface area contributed by atoms with E-state index in [1.807, 2.05) is 0 Å². The number of alkyl halides is 3. The highest BCUT2D eigenvalue weighted by atomic mass is 35.5. The lowest BCUT2D eigenvalue weighted by atomic mass is 9.99. The Morgan fingerprint density at radius 1 is 1.04 bits per heavy atom. The van der Waals surface area contributed by atoms with E-state index >= 15 is 0 Å². The maximum Gasteiger partial charge on any atom is 0.417 e. The predicted molar refractivity (Wildman–Crippen MR) is 91.5 cm³/mol. The maximum absolute atomic E-state index is 13.6. The summed E-state index contributed by atoms with van der Waals surface area (Å²) in [4.78, 5) is -0.476. The van der Waals surface area contributed by atoms with Crippen molar-refractivity contribution in [2.75, 3.05) is 26.3 Å². The third-order valence-corrected chi connectivity index (χ3v) is 6.21. The molecular weight excluding hydrogens is 391 g/mol. The summed E-state index contributed by atoms with van der Waals surface area (Å²) in [7, 11) is -4.10. The van der Waals surface area contributed by atoms with Crippen molar-refractivity contribution < 1.29 is 26.3 Å². The Morgan fingerprint density at radius 3 is 2.23 bits per heavy atom. The van der Waals surface area contributed by atoms with Crippen LogP contribution in [0.2, 0.25) is 5.02 Å². The van der Waals surface area contributed by atoms with Gasteiger partial charge in [-0.3, -0.25) is 0 Å². The second-order valence-electron chi connectivity index (χ2n) is 5.71. The van der Waals surface area contributed by atoms with Crippen LogP contribution >= 0.6 is 11.6 Å². The highest BCUT2D eigenvalue weighted by Gasteiger charge is 2.37. The summed E-state index contributed by atoms with van der Waals surface area (Å²) in [6.45, 7) is 0.561. The van der Waals surface area contributed by atoms with Gasteiger partial charge in [0.1, 0.15) is 0 Å². The number of hydrogen-bond donors (Lipinski definition) is 0. The standard InChI is InChI=1S/C17H15ClF3NO3S/c18-15-11-13(26(23,24)22-6-8-25-9-7-22)10-14(17(19,20)21)16(15)12-4-2-1-3-5-12/h1-5,10-11H,6-9H2. The SMILES string of the molecule is O=S(=O)(c1cc(Cl)c(-c2ccccc2)c(C(F)(F)F)c1)N1CCOCC1. The molecule has 0 N–H and O–H groups in total. The molecule has 1 fully saturated rings. The zero-order chi connectivity index (χ0) is 18.9. The Balaban J connectivity index is 2.17. The van der Waals surface area contributed by atoms with Gasteiger partial charge < -0.3 is 4.74 Å². The Labute approximate surface area is 154 Å². The van der Waals surface area contributed by atoms with Crippen molar-refractivity contribution >= 4 is 21.6 Å². The fourth-order valence-corrected chi connectivity index (χ4v) is 4.64. The van der Waals surface area contributed by atoms with Crippen LogP contribution in [-0.4, -0.2) is 39.0 Å². The van der Waals surface area contributed by atoms with Crippen LogP contribution in [-0.2, 0) is 20.9 Å². The molecule has 1 saturated heterocycles. The molecule has 0 amide bonds. The van der Waals surface area contributed by atoms with Crippen molar-refractivity contribution in [1.82, 2.24) is 4.31 Å². The van der Waals surface area contributed by atoms with Crippen molar-refractivity contribution in [1.29, 1.82) is 0 Å². The molecule has 1 aliphatic rings. The molecule has 0 saturated carbocycles.